The Morgan fingerprint density at radius 1 is 1.10 bits per heavy atom. The second kappa shape index (κ2) is 12.0. The number of hydrogen-bond acceptors (Lipinski definition) is 7. The summed E-state index contributed by atoms with van der Waals surface area (Å²) in [7, 11) is 0. The van der Waals surface area contributed by atoms with Gasteiger partial charge in [-0.25, -0.2) is 4.98 Å². The molecule has 1 rings (SSSR count). The summed E-state index contributed by atoms with van der Waals surface area (Å²) in [4.78, 5) is 55.5. The monoisotopic (exact) mass is 440 g/mol. The van der Waals surface area contributed by atoms with Crippen LogP contribution in [0, 0.1) is 5.92 Å². The summed E-state index contributed by atoms with van der Waals surface area (Å²) in [5.74, 6) is -3.55. The molecule has 6 unspecified atom stereocenters. The van der Waals surface area contributed by atoms with Crippen LogP contribution in [0.4, 0.5) is 0 Å². The number of aromatic amines is 1. The van der Waals surface area contributed by atoms with Gasteiger partial charge in [-0.2, -0.15) is 0 Å². The van der Waals surface area contributed by atoms with Gasteiger partial charge in [0, 0.05) is 18.3 Å². The van der Waals surface area contributed by atoms with Gasteiger partial charge in [-0.05, 0) is 19.8 Å². The number of carbonyl (C=O) groups is 4. The average molecular weight is 441 g/mol. The minimum Gasteiger partial charge on any atom is -0.480 e. The van der Waals surface area contributed by atoms with E-state index in [1.165, 1.54) is 26.4 Å². The summed E-state index contributed by atoms with van der Waals surface area (Å²) < 4.78 is 0. The molecule has 0 bridgehead atoms. The molecule has 0 saturated heterocycles. The van der Waals surface area contributed by atoms with Gasteiger partial charge in [0.25, 0.3) is 0 Å². The maximum absolute atomic E-state index is 12.9. The number of nitrogens with two attached hydrogens (primary N) is 1. The van der Waals surface area contributed by atoms with Crippen molar-refractivity contribution < 1.29 is 29.4 Å². The van der Waals surface area contributed by atoms with Crippen LogP contribution in [0.15, 0.2) is 12.5 Å². The molecule has 0 radical (unpaired) electrons. The van der Waals surface area contributed by atoms with E-state index in [9.17, 15) is 24.3 Å². The van der Waals surface area contributed by atoms with Crippen molar-refractivity contribution in [1.29, 1.82) is 0 Å². The zero-order valence-corrected chi connectivity index (χ0v) is 18.1. The van der Waals surface area contributed by atoms with Crippen LogP contribution in [0.2, 0.25) is 0 Å². The van der Waals surface area contributed by atoms with Crippen molar-refractivity contribution in [3.05, 3.63) is 18.2 Å². The Morgan fingerprint density at radius 2 is 1.74 bits per heavy atom. The molecule has 174 valence electrons. The molecule has 1 aromatic heterocycles. The zero-order chi connectivity index (χ0) is 23.7. The van der Waals surface area contributed by atoms with Crippen molar-refractivity contribution in [2.45, 2.75) is 70.8 Å². The second-order valence-electron chi connectivity index (χ2n) is 7.55. The molecule has 0 fully saturated rings. The normalized spacial score (nSPS) is 16.8. The molecular weight excluding hydrogens is 408 g/mol. The summed E-state index contributed by atoms with van der Waals surface area (Å²) in [5.41, 5.74) is 6.50. The fourth-order valence-electron chi connectivity index (χ4n) is 2.63. The van der Waals surface area contributed by atoms with Gasteiger partial charge in [0.2, 0.25) is 17.7 Å². The maximum atomic E-state index is 12.9. The molecule has 0 aliphatic carbocycles. The van der Waals surface area contributed by atoms with Crippen LogP contribution in [0.25, 0.3) is 0 Å². The Morgan fingerprint density at radius 3 is 2.23 bits per heavy atom. The first-order valence-corrected chi connectivity index (χ1v) is 10.0. The van der Waals surface area contributed by atoms with Gasteiger partial charge >= 0.3 is 5.97 Å². The lowest BCUT2D eigenvalue weighted by atomic mass is 9.98. The Hall–Kier alpha value is -2.99. The van der Waals surface area contributed by atoms with Gasteiger partial charge in [0.05, 0.1) is 18.5 Å². The number of nitrogens with one attached hydrogen (secondary N) is 4. The molecule has 0 aliphatic rings. The van der Waals surface area contributed by atoms with Crippen LogP contribution in [0.5, 0.6) is 0 Å². The molecule has 3 amide bonds. The first kappa shape index (κ1) is 26.0. The van der Waals surface area contributed by atoms with E-state index in [2.05, 4.69) is 25.9 Å². The Kier molecular flexibility index (Phi) is 10.1. The first-order valence-electron chi connectivity index (χ1n) is 10.0. The minimum absolute atomic E-state index is 0.0322. The van der Waals surface area contributed by atoms with Gasteiger partial charge in [-0.1, -0.05) is 20.3 Å². The third kappa shape index (κ3) is 7.98. The van der Waals surface area contributed by atoms with Crippen LogP contribution in [0.3, 0.4) is 0 Å². The van der Waals surface area contributed by atoms with Crippen molar-refractivity contribution in [3.63, 3.8) is 0 Å². The minimum atomic E-state index is -1.43. The van der Waals surface area contributed by atoms with Crippen molar-refractivity contribution in [2.75, 3.05) is 0 Å². The number of rotatable bonds is 12. The van der Waals surface area contributed by atoms with Crippen molar-refractivity contribution in [2.24, 2.45) is 11.7 Å². The molecule has 0 aromatic carbocycles. The third-order valence-corrected chi connectivity index (χ3v) is 4.96. The molecule has 31 heavy (non-hydrogen) atoms. The number of nitrogens with zero attached hydrogens (tertiary/aromatic N) is 1. The van der Waals surface area contributed by atoms with Crippen molar-refractivity contribution in [1.82, 2.24) is 25.9 Å². The maximum Gasteiger partial charge on any atom is 0.325 e. The van der Waals surface area contributed by atoms with E-state index in [-0.39, 0.29) is 12.3 Å². The Balaban J connectivity index is 2.99. The number of carbonyl (C=O) groups excluding carboxylic acids is 3. The summed E-state index contributed by atoms with van der Waals surface area (Å²) in [6.07, 6.45) is 2.27. The SMILES string of the molecule is CCC(C)C(N)C(=O)NC(Cc1cnc[nH]1)C(=O)NC(C(=O)NC(C)C(=O)O)C(C)O. The first-order chi connectivity index (χ1) is 14.5. The number of imidazole rings is 1. The van der Waals surface area contributed by atoms with E-state index >= 15 is 0 Å². The highest BCUT2D eigenvalue weighted by Crippen LogP contribution is 2.07. The fourth-order valence-corrected chi connectivity index (χ4v) is 2.63. The average Bonchev–Trinajstić information content (AvgIpc) is 3.22. The van der Waals surface area contributed by atoms with Gasteiger partial charge in [-0.3, -0.25) is 19.2 Å². The predicted octanol–water partition coefficient (Wildman–Crippen LogP) is -1.73. The lowest BCUT2D eigenvalue weighted by molar-refractivity contribution is -0.142. The topological polar surface area (TPSA) is 200 Å². The molecule has 8 N–H and O–H groups in total. The van der Waals surface area contributed by atoms with E-state index in [1.54, 1.807) is 0 Å². The van der Waals surface area contributed by atoms with Crippen LogP contribution in [-0.4, -0.2) is 74.1 Å². The Bertz CT molecular complexity index is 753. The number of aliphatic hydroxyl groups is 1. The van der Waals surface area contributed by atoms with Crippen LogP contribution in [0.1, 0.15) is 39.8 Å². The van der Waals surface area contributed by atoms with Gasteiger partial charge in [0.15, 0.2) is 0 Å². The van der Waals surface area contributed by atoms with E-state index in [0.29, 0.717) is 12.1 Å². The number of H-pyrrole nitrogens is 1. The van der Waals surface area contributed by atoms with E-state index in [0.717, 1.165) is 0 Å². The molecule has 12 nitrogen and oxygen atoms in total. The smallest absolute Gasteiger partial charge is 0.325 e. The van der Waals surface area contributed by atoms with Crippen molar-refractivity contribution in [3.8, 4) is 0 Å². The summed E-state index contributed by atoms with van der Waals surface area (Å²) >= 11 is 0. The van der Waals surface area contributed by atoms with E-state index in [1.807, 2.05) is 13.8 Å². The molecule has 6 atom stereocenters. The highest BCUT2D eigenvalue weighted by molar-refractivity contribution is 5.94. The number of aliphatic hydroxyl groups excluding tert-OH is 1. The number of aromatic nitrogens is 2. The summed E-state index contributed by atoms with van der Waals surface area (Å²) in [6, 6.07) is -4.61. The lowest BCUT2D eigenvalue weighted by Crippen LogP contribution is -2.60. The summed E-state index contributed by atoms with van der Waals surface area (Å²) in [6.45, 7) is 6.22. The number of carboxylic acids is 1. The lowest BCUT2D eigenvalue weighted by Gasteiger charge is -2.26. The van der Waals surface area contributed by atoms with Crippen LogP contribution in [-0.2, 0) is 25.6 Å². The molecule has 0 saturated carbocycles. The van der Waals surface area contributed by atoms with Gasteiger partial charge < -0.3 is 36.9 Å². The molecule has 0 spiro atoms. The van der Waals surface area contributed by atoms with E-state index < -0.39 is 54.0 Å². The molecule has 12 heteroatoms. The van der Waals surface area contributed by atoms with E-state index in [4.69, 9.17) is 10.8 Å². The highest BCUT2D eigenvalue weighted by Gasteiger charge is 2.32. The number of hydrogen-bond donors (Lipinski definition) is 7. The molecule has 0 aliphatic heterocycles. The van der Waals surface area contributed by atoms with Gasteiger partial charge in [0.1, 0.15) is 18.1 Å². The summed E-state index contributed by atoms with van der Waals surface area (Å²) in [5, 5.41) is 26.1. The third-order valence-electron chi connectivity index (χ3n) is 4.96. The predicted molar refractivity (Wildman–Crippen MR) is 111 cm³/mol. The Labute approximate surface area is 180 Å². The quantitative estimate of drug-likeness (QED) is 0.199. The number of aliphatic carboxylic acids is 1. The van der Waals surface area contributed by atoms with Crippen molar-refractivity contribution >= 4 is 23.7 Å². The molecule has 1 heterocycles. The number of amides is 3. The highest BCUT2D eigenvalue weighted by atomic mass is 16.4. The number of carboxylic acid groups (broad SMARTS) is 1. The molecule has 1 aromatic rings. The second-order valence-corrected chi connectivity index (χ2v) is 7.55. The largest absolute Gasteiger partial charge is 0.480 e. The van der Waals surface area contributed by atoms with Crippen LogP contribution < -0.4 is 21.7 Å². The van der Waals surface area contributed by atoms with Gasteiger partial charge in [-0.15, -0.1) is 0 Å². The molecular formula is C19H32N6O6. The van der Waals surface area contributed by atoms with Crippen LogP contribution >= 0.6 is 0 Å². The standard InChI is InChI=1S/C19H32N6O6/c1-5-9(2)14(20)17(28)24-13(6-12-7-21-8-22-12)16(27)25-15(11(4)26)18(29)23-10(3)19(30)31/h7-11,13-15,26H,5-6,20H2,1-4H3,(H,21,22)(H,23,29)(H,24,28)(H,25,27)(H,30,31). The fraction of sp³-hybridized carbons (Fsp3) is 0.632. The zero-order valence-electron chi connectivity index (χ0n) is 18.1.